The number of hydrogen-bond acceptors (Lipinski definition) is 3. The summed E-state index contributed by atoms with van der Waals surface area (Å²) >= 11 is 0. The summed E-state index contributed by atoms with van der Waals surface area (Å²) in [5.41, 5.74) is 1.67. The Morgan fingerprint density at radius 2 is 2.08 bits per heavy atom. The molecule has 1 rings (SSSR count). The number of hydrogen-bond donors (Lipinski definition) is 1. The van der Waals surface area contributed by atoms with E-state index in [4.69, 9.17) is 5.26 Å². The maximum Gasteiger partial charge on any atom is 0.149 e. The van der Waals surface area contributed by atoms with Crippen molar-refractivity contribution in [3.63, 3.8) is 0 Å². The van der Waals surface area contributed by atoms with E-state index < -0.39 is 11.6 Å². The van der Waals surface area contributed by atoms with E-state index in [1.54, 1.807) is 0 Å². The SMILES string of the molecule is C=NNc1cc(F)c(C#N)cc1F. The molecule has 3 nitrogen and oxygen atoms in total. The molecule has 0 atom stereocenters. The summed E-state index contributed by atoms with van der Waals surface area (Å²) in [4.78, 5) is 0. The molecule has 0 heterocycles. The topological polar surface area (TPSA) is 48.2 Å². The maximum atomic E-state index is 12.9. The molecule has 0 fully saturated rings. The summed E-state index contributed by atoms with van der Waals surface area (Å²) in [6, 6.07) is 3.16. The van der Waals surface area contributed by atoms with Crippen molar-refractivity contribution < 1.29 is 8.78 Å². The van der Waals surface area contributed by atoms with E-state index in [1.165, 1.54) is 6.07 Å². The molecule has 13 heavy (non-hydrogen) atoms. The second-order valence-electron chi connectivity index (χ2n) is 2.19. The Kier molecular flexibility index (Phi) is 2.55. The van der Waals surface area contributed by atoms with Crippen LogP contribution in [0.15, 0.2) is 17.2 Å². The van der Waals surface area contributed by atoms with Gasteiger partial charge in [-0.1, -0.05) is 0 Å². The third kappa shape index (κ3) is 1.79. The van der Waals surface area contributed by atoms with Gasteiger partial charge in [-0.15, -0.1) is 0 Å². The standard InChI is InChI=1S/C8H5F2N3/c1-12-13-8-3-6(9)5(4-11)2-7(8)10/h2-3,13H,1H2. The van der Waals surface area contributed by atoms with Gasteiger partial charge in [0.05, 0.1) is 11.3 Å². The van der Waals surface area contributed by atoms with E-state index >= 15 is 0 Å². The van der Waals surface area contributed by atoms with Gasteiger partial charge in [-0.3, -0.25) is 5.43 Å². The van der Waals surface area contributed by atoms with E-state index in [2.05, 4.69) is 17.2 Å². The van der Waals surface area contributed by atoms with Crippen molar-refractivity contribution in [2.24, 2.45) is 5.10 Å². The van der Waals surface area contributed by atoms with Gasteiger partial charge in [0.1, 0.15) is 17.7 Å². The van der Waals surface area contributed by atoms with Crippen molar-refractivity contribution in [3.8, 4) is 6.07 Å². The van der Waals surface area contributed by atoms with Crippen LogP contribution in [-0.4, -0.2) is 6.72 Å². The monoisotopic (exact) mass is 181 g/mol. The number of nitriles is 1. The van der Waals surface area contributed by atoms with Crippen LogP contribution in [0.25, 0.3) is 0 Å². The summed E-state index contributed by atoms with van der Waals surface area (Å²) < 4.78 is 25.8. The van der Waals surface area contributed by atoms with Crippen LogP contribution >= 0.6 is 0 Å². The molecule has 0 saturated heterocycles. The molecule has 0 unspecified atom stereocenters. The highest BCUT2D eigenvalue weighted by Gasteiger charge is 2.08. The molecule has 0 radical (unpaired) electrons. The third-order valence-electron chi connectivity index (χ3n) is 1.38. The van der Waals surface area contributed by atoms with E-state index in [1.807, 2.05) is 0 Å². The van der Waals surface area contributed by atoms with Gasteiger partial charge in [0, 0.05) is 12.8 Å². The van der Waals surface area contributed by atoms with Gasteiger partial charge in [-0.05, 0) is 6.07 Å². The summed E-state index contributed by atoms with van der Waals surface area (Å²) in [5, 5.41) is 11.5. The molecular weight excluding hydrogens is 176 g/mol. The van der Waals surface area contributed by atoms with Gasteiger partial charge < -0.3 is 0 Å². The lowest BCUT2D eigenvalue weighted by Gasteiger charge is -2.02. The maximum absolute atomic E-state index is 12.9. The second kappa shape index (κ2) is 3.63. The zero-order chi connectivity index (χ0) is 9.84. The number of nitrogens with one attached hydrogen (secondary N) is 1. The number of halogens is 2. The number of anilines is 1. The van der Waals surface area contributed by atoms with Gasteiger partial charge in [0.15, 0.2) is 0 Å². The first-order valence-electron chi connectivity index (χ1n) is 3.30. The van der Waals surface area contributed by atoms with E-state index in [9.17, 15) is 8.78 Å². The molecule has 0 spiro atoms. The van der Waals surface area contributed by atoms with Crippen LogP contribution in [-0.2, 0) is 0 Å². The molecule has 1 aromatic rings. The van der Waals surface area contributed by atoms with Crippen molar-refractivity contribution in [1.29, 1.82) is 5.26 Å². The molecule has 0 aliphatic rings. The molecule has 1 aromatic carbocycles. The minimum atomic E-state index is -0.796. The fraction of sp³-hybridized carbons (Fsp3) is 0. The summed E-state index contributed by atoms with van der Waals surface area (Å²) in [5.74, 6) is -1.54. The minimum Gasteiger partial charge on any atom is -0.276 e. The molecule has 66 valence electrons. The normalized spacial score (nSPS) is 9.00. The summed E-state index contributed by atoms with van der Waals surface area (Å²) in [6.45, 7) is 3.05. The van der Waals surface area contributed by atoms with Crippen LogP contribution < -0.4 is 5.43 Å². The highest BCUT2D eigenvalue weighted by molar-refractivity contribution is 5.50. The fourth-order valence-electron chi connectivity index (χ4n) is 0.803. The first-order valence-corrected chi connectivity index (χ1v) is 3.30. The second-order valence-corrected chi connectivity index (χ2v) is 2.19. The van der Waals surface area contributed by atoms with Crippen LogP contribution in [0.2, 0.25) is 0 Å². The molecule has 0 bridgehead atoms. The van der Waals surface area contributed by atoms with Crippen LogP contribution in [0, 0.1) is 23.0 Å². The lowest BCUT2D eigenvalue weighted by Crippen LogP contribution is -1.95. The molecular formula is C8H5F2N3. The first kappa shape index (κ1) is 9.13. The molecule has 0 aliphatic carbocycles. The Labute approximate surface area is 73.3 Å². The van der Waals surface area contributed by atoms with E-state index in [-0.39, 0.29) is 11.3 Å². The average molecular weight is 181 g/mol. The van der Waals surface area contributed by atoms with Crippen molar-refractivity contribution >= 4 is 12.4 Å². The average Bonchev–Trinajstić information content (AvgIpc) is 2.11. The Bertz CT molecular complexity index is 382. The lowest BCUT2D eigenvalue weighted by atomic mass is 10.2. The smallest absolute Gasteiger partial charge is 0.149 e. The third-order valence-corrected chi connectivity index (χ3v) is 1.38. The number of nitrogens with zero attached hydrogens (tertiary/aromatic N) is 2. The van der Waals surface area contributed by atoms with Gasteiger partial charge in [0.25, 0.3) is 0 Å². The first-order chi connectivity index (χ1) is 6.19. The Balaban J connectivity index is 3.21. The van der Waals surface area contributed by atoms with E-state index in [0.29, 0.717) is 0 Å². The largest absolute Gasteiger partial charge is 0.276 e. The van der Waals surface area contributed by atoms with Gasteiger partial charge in [-0.25, -0.2) is 8.78 Å². The highest BCUT2D eigenvalue weighted by atomic mass is 19.1. The van der Waals surface area contributed by atoms with Crippen LogP contribution in [0.3, 0.4) is 0 Å². The van der Waals surface area contributed by atoms with Crippen LogP contribution in [0.1, 0.15) is 5.56 Å². The quantitative estimate of drug-likeness (QED) is 0.559. The van der Waals surface area contributed by atoms with Crippen molar-refractivity contribution in [2.45, 2.75) is 0 Å². The molecule has 0 aromatic heterocycles. The van der Waals surface area contributed by atoms with Gasteiger partial charge in [0.2, 0.25) is 0 Å². The Morgan fingerprint density at radius 3 is 2.62 bits per heavy atom. The molecule has 0 amide bonds. The summed E-state index contributed by atoms with van der Waals surface area (Å²) in [7, 11) is 0. The Morgan fingerprint density at radius 1 is 1.38 bits per heavy atom. The highest BCUT2D eigenvalue weighted by Crippen LogP contribution is 2.18. The van der Waals surface area contributed by atoms with Crippen molar-refractivity contribution in [1.82, 2.24) is 0 Å². The number of benzene rings is 1. The zero-order valence-electron chi connectivity index (χ0n) is 6.51. The molecule has 1 N–H and O–H groups in total. The predicted molar refractivity (Wildman–Crippen MR) is 44.2 cm³/mol. The number of hydrazone groups is 1. The van der Waals surface area contributed by atoms with Crippen molar-refractivity contribution in [2.75, 3.05) is 5.43 Å². The van der Waals surface area contributed by atoms with Gasteiger partial charge in [-0.2, -0.15) is 10.4 Å². The molecule has 0 aliphatic heterocycles. The molecule has 0 saturated carbocycles. The minimum absolute atomic E-state index is 0.147. The lowest BCUT2D eigenvalue weighted by molar-refractivity contribution is 0.599. The van der Waals surface area contributed by atoms with Gasteiger partial charge >= 0.3 is 0 Å². The van der Waals surface area contributed by atoms with Crippen LogP contribution in [0.5, 0.6) is 0 Å². The van der Waals surface area contributed by atoms with Crippen molar-refractivity contribution in [3.05, 3.63) is 29.3 Å². The van der Waals surface area contributed by atoms with E-state index in [0.717, 1.165) is 12.1 Å². The molecule has 5 heteroatoms. The summed E-state index contributed by atoms with van der Waals surface area (Å²) in [6.07, 6.45) is 0. The zero-order valence-corrected chi connectivity index (χ0v) is 6.51. The number of rotatable bonds is 2. The fourth-order valence-corrected chi connectivity index (χ4v) is 0.803. The Hall–Kier alpha value is -1.96. The predicted octanol–water partition coefficient (Wildman–Crippen LogP) is 1.86. The van der Waals surface area contributed by atoms with Crippen LogP contribution in [0.4, 0.5) is 14.5 Å².